The molecule has 0 bridgehead atoms. The van der Waals surface area contributed by atoms with E-state index >= 15 is 0 Å². The van der Waals surface area contributed by atoms with Crippen LogP contribution in [0, 0.1) is 6.92 Å². The molecule has 0 unspecified atom stereocenters. The van der Waals surface area contributed by atoms with Gasteiger partial charge in [0.05, 0.1) is 11.7 Å². The van der Waals surface area contributed by atoms with Crippen LogP contribution in [0.3, 0.4) is 0 Å². The summed E-state index contributed by atoms with van der Waals surface area (Å²) in [5, 5.41) is 5.84. The van der Waals surface area contributed by atoms with E-state index in [1.165, 1.54) is 6.92 Å². The van der Waals surface area contributed by atoms with Crippen LogP contribution in [0.15, 0.2) is 41.6 Å². The lowest BCUT2D eigenvalue weighted by atomic mass is 10.2. The molecule has 34 heavy (non-hydrogen) atoms. The van der Waals surface area contributed by atoms with E-state index in [1.54, 1.807) is 36.1 Å². The third-order valence-corrected chi connectivity index (χ3v) is 5.87. The molecule has 1 fully saturated rings. The zero-order chi connectivity index (χ0) is 24.0. The Morgan fingerprint density at radius 3 is 2.74 bits per heavy atom. The monoisotopic (exact) mass is 459 g/mol. The Hall–Kier alpha value is -4.21. The van der Waals surface area contributed by atoms with Crippen molar-refractivity contribution in [1.29, 1.82) is 0 Å². The summed E-state index contributed by atoms with van der Waals surface area (Å²) >= 11 is 0. The van der Waals surface area contributed by atoms with E-state index in [1.807, 2.05) is 30.8 Å². The minimum atomic E-state index is -0.212. The molecule has 0 aliphatic heterocycles. The highest BCUT2D eigenvalue weighted by Crippen LogP contribution is 2.40. The van der Waals surface area contributed by atoms with Crippen LogP contribution in [0.2, 0.25) is 0 Å². The van der Waals surface area contributed by atoms with Crippen molar-refractivity contribution < 1.29 is 9.53 Å². The SMILES string of the molecule is CC(=O)Nc1cc(Oc2cnc3nc(Nc4cc(C5CC5)cn(C)c4=O)n(C)c3c2C)ccn1. The fourth-order valence-electron chi connectivity index (χ4n) is 3.98. The number of anilines is 3. The Morgan fingerprint density at radius 1 is 1.21 bits per heavy atom. The maximum Gasteiger partial charge on any atom is 0.274 e. The van der Waals surface area contributed by atoms with E-state index in [9.17, 15) is 9.59 Å². The molecule has 4 heterocycles. The van der Waals surface area contributed by atoms with Gasteiger partial charge in [-0.25, -0.2) is 9.97 Å². The Labute approximate surface area is 195 Å². The molecule has 4 aromatic rings. The number of nitrogens with one attached hydrogen (secondary N) is 2. The van der Waals surface area contributed by atoms with Crippen molar-refractivity contribution in [3.05, 3.63) is 58.3 Å². The van der Waals surface area contributed by atoms with Crippen LogP contribution in [0.4, 0.5) is 17.5 Å². The molecule has 0 atom stereocenters. The van der Waals surface area contributed by atoms with E-state index in [4.69, 9.17) is 4.74 Å². The first kappa shape index (κ1) is 21.6. The van der Waals surface area contributed by atoms with Crippen molar-refractivity contribution in [2.75, 3.05) is 10.6 Å². The first-order valence-electron chi connectivity index (χ1n) is 11.0. The average molecular weight is 460 g/mol. The van der Waals surface area contributed by atoms with Crippen LogP contribution < -0.4 is 20.9 Å². The molecule has 4 aromatic heterocycles. The fourth-order valence-corrected chi connectivity index (χ4v) is 3.98. The molecular formula is C24H25N7O3. The second-order valence-electron chi connectivity index (χ2n) is 8.58. The third-order valence-electron chi connectivity index (χ3n) is 5.87. The van der Waals surface area contributed by atoms with Crippen molar-refractivity contribution in [1.82, 2.24) is 24.1 Å². The molecule has 0 saturated heterocycles. The van der Waals surface area contributed by atoms with Gasteiger partial charge in [0.1, 0.15) is 17.3 Å². The van der Waals surface area contributed by atoms with Gasteiger partial charge in [0.15, 0.2) is 11.4 Å². The Balaban J connectivity index is 1.47. The summed E-state index contributed by atoms with van der Waals surface area (Å²) in [7, 11) is 3.63. The summed E-state index contributed by atoms with van der Waals surface area (Å²) in [5.74, 6) is 2.30. The van der Waals surface area contributed by atoms with Crippen molar-refractivity contribution >= 4 is 34.5 Å². The third kappa shape index (κ3) is 4.09. The number of aryl methyl sites for hydroxylation is 3. The van der Waals surface area contributed by atoms with Crippen molar-refractivity contribution in [3.63, 3.8) is 0 Å². The van der Waals surface area contributed by atoms with E-state index in [-0.39, 0.29) is 11.5 Å². The molecule has 5 rings (SSSR count). The van der Waals surface area contributed by atoms with Crippen LogP contribution in [-0.2, 0) is 18.9 Å². The minimum absolute atomic E-state index is 0.113. The van der Waals surface area contributed by atoms with Crippen LogP contribution in [0.25, 0.3) is 11.2 Å². The number of imidazole rings is 1. The second kappa shape index (κ2) is 8.29. The molecular weight excluding hydrogens is 434 g/mol. The Kier molecular flexibility index (Phi) is 5.27. The van der Waals surface area contributed by atoms with Gasteiger partial charge in [-0.2, -0.15) is 4.98 Å². The summed E-state index contributed by atoms with van der Waals surface area (Å²) in [5.41, 5.74) is 3.69. The second-order valence-corrected chi connectivity index (χ2v) is 8.58. The average Bonchev–Trinajstić information content (AvgIpc) is 3.58. The van der Waals surface area contributed by atoms with Gasteiger partial charge in [0, 0.05) is 45.0 Å². The number of pyridine rings is 3. The molecule has 1 saturated carbocycles. The molecule has 174 valence electrons. The Bertz CT molecular complexity index is 1480. The summed E-state index contributed by atoms with van der Waals surface area (Å²) in [6.07, 6.45) is 7.38. The van der Waals surface area contributed by atoms with Gasteiger partial charge in [-0.15, -0.1) is 0 Å². The predicted molar refractivity (Wildman–Crippen MR) is 129 cm³/mol. The molecule has 0 radical (unpaired) electrons. The van der Waals surface area contributed by atoms with Crippen LogP contribution in [0.5, 0.6) is 11.5 Å². The summed E-state index contributed by atoms with van der Waals surface area (Å²) in [6.45, 7) is 3.34. The van der Waals surface area contributed by atoms with Crippen LogP contribution in [-0.4, -0.2) is 30.0 Å². The molecule has 0 spiro atoms. The molecule has 10 nitrogen and oxygen atoms in total. The largest absolute Gasteiger partial charge is 0.455 e. The summed E-state index contributed by atoms with van der Waals surface area (Å²) in [4.78, 5) is 37.2. The number of hydrogen-bond acceptors (Lipinski definition) is 7. The number of carbonyl (C=O) groups excluding carboxylic acids is 1. The van der Waals surface area contributed by atoms with E-state index in [0.29, 0.717) is 40.5 Å². The number of aromatic nitrogens is 5. The van der Waals surface area contributed by atoms with E-state index < -0.39 is 0 Å². The maximum absolute atomic E-state index is 12.7. The number of rotatable bonds is 6. The standard InChI is InChI=1S/C24H25N7O3/c1-13-19(34-17-7-8-25-20(10-17)27-14(2)32)11-26-22-21(13)31(4)24(29-22)28-18-9-16(15-5-6-15)12-30(3)23(18)33/h7-12,15H,5-6H2,1-4H3,(H,25,27,32)(H,26,28,29). The lowest BCUT2D eigenvalue weighted by Gasteiger charge is -2.11. The van der Waals surface area contributed by atoms with Gasteiger partial charge in [-0.1, -0.05) is 0 Å². The zero-order valence-electron chi connectivity index (χ0n) is 19.4. The summed E-state index contributed by atoms with van der Waals surface area (Å²) in [6, 6.07) is 5.27. The highest BCUT2D eigenvalue weighted by Gasteiger charge is 2.25. The van der Waals surface area contributed by atoms with Gasteiger partial charge in [0.25, 0.3) is 5.56 Å². The molecule has 1 aliphatic carbocycles. The smallest absolute Gasteiger partial charge is 0.274 e. The normalized spacial score (nSPS) is 13.2. The molecule has 1 amide bonds. The molecule has 10 heteroatoms. The van der Waals surface area contributed by atoms with Crippen LogP contribution in [0.1, 0.15) is 36.8 Å². The zero-order valence-corrected chi connectivity index (χ0v) is 19.4. The van der Waals surface area contributed by atoms with Gasteiger partial charge in [-0.3, -0.25) is 9.59 Å². The first-order valence-corrected chi connectivity index (χ1v) is 11.0. The topological polar surface area (TPSA) is 116 Å². The highest BCUT2D eigenvalue weighted by atomic mass is 16.5. The van der Waals surface area contributed by atoms with Gasteiger partial charge < -0.3 is 24.5 Å². The van der Waals surface area contributed by atoms with Crippen molar-refractivity contribution in [2.24, 2.45) is 14.1 Å². The predicted octanol–water partition coefficient (Wildman–Crippen LogP) is 3.74. The van der Waals surface area contributed by atoms with E-state index in [2.05, 4.69) is 25.6 Å². The maximum atomic E-state index is 12.7. The lowest BCUT2D eigenvalue weighted by Crippen LogP contribution is -2.20. The Morgan fingerprint density at radius 2 is 2.00 bits per heavy atom. The van der Waals surface area contributed by atoms with E-state index in [0.717, 1.165) is 29.5 Å². The number of amides is 1. The summed E-state index contributed by atoms with van der Waals surface area (Å²) < 4.78 is 9.51. The number of carbonyl (C=O) groups is 1. The quantitative estimate of drug-likeness (QED) is 0.451. The van der Waals surface area contributed by atoms with Gasteiger partial charge in [0.2, 0.25) is 11.9 Å². The number of fused-ring (bicyclic) bond motifs is 1. The first-order chi connectivity index (χ1) is 16.3. The van der Waals surface area contributed by atoms with Gasteiger partial charge in [-0.05, 0) is 43.4 Å². The molecule has 2 N–H and O–H groups in total. The highest BCUT2D eigenvalue weighted by molar-refractivity contribution is 5.87. The number of hydrogen-bond donors (Lipinski definition) is 2. The van der Waals surface area contributed by atoms with Gasteiger partial charge >= 0.3 is 0 Å². The molecule has 1 aliphatic rings. The fraction of sp³-hybridized carbons (Fsp3) is 0.292. The van der Waals surface area contributed by atoms with Crippen LogP contribution >= 0.6 is 0 Å². The molecule has 0 aromatic carbocycles. The lowest BCUT2D eigenvalue weighted by molar-refractivity contribution is -0.114. The number of ether oxygens (including phenoxy) is 1. The minimum Gasteiger partial charge on any atom is -0.455 e. The van der Waals surface area contributed by atoms with Crippen molar-refractivity contribution in [3.8, 4) is 11.5 Å². The number of nitrogens with zero attached hydrogens (tertiary/aromatic N) is 5. The van der Waals surface area contributed by atoms with Crippen molar-refractivity contribution in [2.45, 2.75) is 32.6 Å².